The molecule has 0 aliphatic carbocycles. The van der Waals surface area contributed by atoms with Gasteiger partial charge in [0.2, 0.25) is 5.91 Å². The standard InChI is InChI=1S/C15H24N2O2S/c1-4-13(15(18)17-7-9-19-10-8-17)16-12(3)14-6-5-11(2)20-14/h5-6,12-13,16H,4,7-10H2,1-3H3/t12-,13-/m0/s1. The molecule has 2 rings (SSSR count). The second kappa shape index (κ2) is 7.20. The molecular weight excluding hydrogens is 272 g/mol. The van der Waals surface area contributed by atoms with E-state index in [0.29, 0.717) is 26.3 Å². The first-order valence-electron chi connectivity index (χ1n) is 7.30. The average Bonchev–Trinajstić information content (AvgIpc) is 2.91. The molecule has 1 N–H and O–H groups in total. The maximum absolute atomic E-state index is 12.5. The molecule has 4 nitrogen and oxygen atoms in total. The van der Waals surface area contributed by atoms with Crippen molar-refractivity contribution in [1.29, 1.82) is 0 Å². The lowest BCUT2D eigenvalue weighted by atomic mass is 10.1. The third kappa shape index (κ3) is 3.81. The second-order valence-electron chi connectivity index (χ2n) is 5.24. The molecule has 1 aromatic rings. The van der Waals surface area contributed by atoms with E-state index in [1.165, 1.54) is 9.75 Å². The first-order chi connectivity index (χ1) is 9.61. The Morgan fingerprint density at radius 3 is 2.70 bits per heavy atom. The van der Waals surface area contributed by atoms with Crippen molar-refractivity contribution in [3.8, 4) is 0 Å². The Balaban J connectivity index is 1.95. The van der Waals surface area contributed by atoms with Crippen LogP contribution in [0.2, 0.25) is 0 Å². The molecule has 0 aromatic carbocycles. The molecule has 2 atom stereocenters. The Morgan fingerprint density at radius 1 is 1.45 bits per heavy atom. The van der Waals surface area contributed by atoms with E-state index in [9.17, 15) is 4.79 Å². The first-order valence-corrected chi connectivity index (χ1v) is 8.12. The molecule has 1 aliphatic heterocycles. The predicted octanol–water partition coefficient (Wildman–Crippen LogP) is 2.34. The van der Waals surface area contributed by atoms with E-state index in [0.717, 1.165) is 6.42 Å². The fourth-order valence-corrected chi connectivity index (χ4v) is 3.33. The molecule has 20 heavy (non-hydrogen) atoms. The largest absolute Gasteiger partial charge is 0.378 e. The van der Waals surface area contributed by atoms with Gasteiger partial charge in [-0.2, -0.15) is 0 Å². The highest BCUT2D eigenvalue weighted by atomic mass is 32.1. The zero-order valence-electron chi connectivity index (χ0n) is 12.5. The molecule has 0 radical (unpaired) electrons. The molecule has 1 aliphatic rings. The van der Waals surface area contributed by atoms with Crippen LogP contribution in [-0.2, 0) is 9.53 Å². The van der Waals surface area contributed by atoms with E-state index in [1.807, 2.05) is 4.90 Å². The Kier molecular flexibility index (Phi) is 5.57. The van der Waals surface area contributed by atoms with Crippen LogP contribution < -0.4 is 5.32 Å². The third-order valence-corrected chi connectivity index (χ3v) is 4.85. The number of rotatable bonds is 5. The Labute approximate surface area is 125 Å². The number of hydrogen-bond acceptors (Lipinski definition) is 4. The van der Waals surface area contributed by atoms with Gasteiger partial charge in [-0.05, 0) is 32.4 Å². The number of nitrogens with one attached hydrogen (secondary N) is 1. The van der Waals surface area contributed by atoms with Crippen molar-refractivity contribution >= 4 is 17.2 Å². The van der Waals surface area contributed by atoms with Gasteiger partial charge in [-0.1, -0.05) is 6.92 Å². The summed E-state index contributed by atoms with van der Waals surface area (Å²) >= 11 is 1.79. The molecule has 0 bridgehead atoms. The minimum absolute atomic E-state index is 0.106. The molecular formula is C15H24N2O2S. The highest BCUT2D eigenvalue weighted by Gasteiger charge is 2.26. The van der Waals surface area contributed by atoms with Crippen LogP contribution in [0.4, 0.5) is 0 Å². The summed E-state index contributed by atoms with van der Waals surface area (Å²) in [4.78, 5) is 17.0. The van der Waals surface area contributed by atoms with E-state index in [4.69, 9.17) is 4.74 Å². The fourth-order valence-electron chi connectivity index (χ4n) is 2.44. The van der Waals surface area contributed by atoms with Gasteiger partial charge in [0.25, 0.3) is 0 Å². The van der Waals surface area contributed by atoms with E-state index < -0.39 is 0 Å². The van der Waals surface area contributed by atoms with Crippen LogP contribution in [0.25, 0.3) is 0 Å². The number of ether oxygens (including phenoxy) is 1. The number of hydrogen-bond donors (Lipinski definition) is 1. The molecule has 0 spiro atoms. The van der Waals surface area contributed by atoms with Crippen molar-refractivity contribution in [2.75, 3.05) is 26.3 Å². The Hall–Kier alpha value is -0.910. The summed E-state index contributed by atoms with van der Waals surface area (Å²) in [5.74, 6) is 0.205. The summed E-state index contributed by atoms with van der Waals surface area (Å²) in [6, 6.07) is 4.38. The van der Waals surface area contributed by atoms with Gasteiger partial charge in [0, 0.05) is 28.9 Å². The van der Waals surface area contributed by atoms with Crippen molar-refractivity contribution in [2.45, 2.75) is 39.3 Å². The highest BCUT2D eigenvalue weighted by molar-refractivity contribution is 7.12. The van der Waals surface area contributed by atoms with Crippen LogP contribution in [-0.4, -0.2) is 43.2 Å². The van der Waals surface area contributed by atoms with Gasteiger partial charge in [0.05, 0.1) is 19.3 Å². The van der Waals surface area contributed by atoms with Crippen molar-refractivity contribution in [1.82, 2.24) is 10.2 Å². The van der Waals surface area contributed by atoms with Gasteiger partial charge >= 0.3 is 0 Å². The van der Waals surface area contributed by atoms with Gasteiger partial charge in [0.15, 0.2) is 0 Å². The highest BCUT2D eigenvalue weighted by Crippen LogP contribution is 2.23. The smallest absolute Gasteiger partial charge is 0.239 e. The van der Waals surface area contributed by atoms with Gasteiger partial charge in [-0.25, -0.2) is 0 Å². The zero-order chi connectivity index (χ0) is 14.5. The normalized spacial score (nSPS) is 18.9. The van der Waals surface area contributed by atoms with Crippen LogP contribution in [0.1, 0.15) is 36.1 Å². The van der Waals surface area contributed by atoms with Gasteiger partial charge < -0.3 is 9.64 Å². The molecule has 1 fully saturated rings. The summed E-state index contributed by atoms with van der Waals surface area (Å²) in [7, 11) is 0. The number of thiophene rings is 1. The van der Waals surface area contributed by atoms with Crippen molar-refractivity contribution in [3.63, 3.8) is 0 Å². The van der Waals surface area contributed by atoms with Crippen LogP contribution >= 0.6 is 11.3 Å². The Morgan fingerprint density at radius 2 is 2.15 bits per heavy atom. The number of aryl methyl sites for hydroxylation is 1. The lowest BCUT2D eigenvalue weighted by Crippen LogP contribution is -2.50. The molecule has 1 amide bonds. The molecule has 1 aromatic heterocycles. The maximum Gasteiger partial charge on any atom is 0.239 e. The third-order valence-electron chi connectivity index (χ3n) is 3.67. The lowest BCUT2D eigenvalue weighted by molar-refractivity contribution is -0.137. The minimum Gasteiger partial charge on any atom is -0.378 e. The van der Waals surface area contributed by atoms with Gasteiger partial charge in [-0.15, -0.1) is 11.3 Å². The zero-order valence-corrected chi connectivity index (χ0v) is 13.3. The van der Waals surface area contributed by atoms with Crippen LogP contribution in [0.3, 0.4) is 0 Å². The summed E-state index contributed by atoms with van der Waals surface area (Å²) < 4.78 is 5.30. The molecule has 1 saturated heterocycles. The van der Waals surface area contributed by atoms with Crippen LogP contribution in [0.5, 0.6) is 0 Å². The second-order valence-corrected chi connectivity index (χ2v) is 6.55. The quantitative estimate of drug-likeness (QED) is 0.907. The number of carbonyl (C=O) groups excluding carboxylic acids is 1. The molecule has 0 unspecified atom stereocenters. The van der Waals surface area contributed by atoms with Crippen LogP contribution in [0, 0.1) is 6.92 Å². The first kappa shape index (κ1) is 15.5. The molecule has 0 saturated carbocycles. The van der Waals surface area contributed by atoms with E-state index in [1.54, 1.807) is 11.3 Å². The van der Waals surface area contributed by atoms with Crippen molar-refractivity contribution in [2.24, 2.45) is 0 Å². The topological polar surface area (TPSA) is 41.6 Å². The number of morpholine rings is 1. The van der Waals surface area contributed by atoms with Crippen molar-refractivity contribution < 1.29 is 9.53 Å². The summed E-state index contributed by atoms with van der Waals surface area (Å²) in [5, 5.41) is 3.47. The number of carbonyl (C=O) groups is 1. The summed E-state index contributed by atoms with van der Waals surface area (Å²) in [6.07, 6.45) is 0.810. The number of nitrogens with zero attached hydrogens (tertiary/aromatic N) is 1. The summed E-state index contributed by atoms with van der Waals surface area (Å²) in [5.41, 5.74) is 0. The van der Waals surface area contributed by atoms with E-state index >= 15 is 0 Å². The van der Waals surface area contributed by atoms with E-state index in [2.05, 4.69) is 38.2 Å². The van der Waals surface area contributed by atoms with Crippen molar-refractivity contribution in [3.05, 3.63) is 21.9 Å². The van der Waals surface area contributed by atoms with Gasteiger partial charge in [0.1, 0.15) is 0 Å². The Bertz CT molecular complexity index is 441. The molecule has 2 heterocycles. The molecule has 112 valence electrons. The summed E-state index contributed by atoms with van der Waals surface area (Å²) in [6.45, 7) is 9.02. The monoisotopic (exact) mass is 296 g/mol. The molecule has 5 heteroatoms. The number of amides is 1. The lowest BCUT2D eigenvalue weighted by Gasteiger charge is -2.31. The van der Waals surface area contributed by atoms with Crippen LogP contribution in [0.15, 0.2) is 12.1 Å². The van der Waals surface area contributed by atoms with E-state index in [-0.39, 0.29) is 18.0 Å². The fraction of sp³-hybridized carbons (Fsp3) is 0.667. The average molecular weight is 296 g/mol. The SMILES string of the molecule is CC[C@H](N[C@@H](C)c1ccc(C)s1)C(=O)N1CCOCC1. The van der Waals surface area contributed by atoms with Gasteiger partial charge in [-0.3, -0.25) is 10.1 Å². The predicted molar refractivity (Wildman–Crippen MR) is 82.1 cm³/mol. The maximum atomic E-state index is 12.5. The minimum atomic E-state index is -0.106.